The van der Waals surface area contributed by atoms with E-state index >= 15 is 0 Å². The Hall–Kier alpha value is -3.98. The molecule has 3 aromatic carbocycles. The van der Waals surface area contributed by atoms with Crippen molar-refractivity contribution in [1.29, 1.82) is 0 Å². The van der Waals surface area contributed by atoms with Crippen LogP contribution in [0.1, 0.15) is 15.9 Å². The number of carbonyl (C=O) groups excluding carboxylic acids is 1. The Morgan fingerprint density at radius 1 is 1.06 bits per heavy atom. The van der Waals surface area contributed by atoms with Crippen molar-refractivity contribution in [3.8, 4) is 11.5 Å². The third kappa shape index (κ3) is 6.00. The molecule has 3 aromatic rings. The van der Waals surface area contributed by atoms with Gasteiger partial charge in [-0.15, -0.1) is 0 Å². The predicted octanol–water partition coefficient (Wildman–Crippen LogP) is 4.31. The van der Waals surface area contributed by atoms with Gasteiger partial charge < -0.3 is 14.8 Å². The topological polar surface area (TPSA) is 103 Å². The zero-order chi connectivity index (χ0) is 22.2. The van der Waals surface area contributed by atoms with Crippen LogP contribution >= 0.6 is 12.2 Å². The molecule has 0 saturated carbocycles. The van der Waals surface area contributed by atoms with E-state index in [1.807, 2.05) is 30.3 Å². The second-order valence-corrected chi connectivity index (χ2v) is 6.76. The summed E-state index contributed by atoms with van der Waals surface area (Å²) in [6.07, 6.45) is 0. The normalized spacial score (nSPS) is 10.1. The van der Waals surface area contributed by atoms with Crippen LogP contribution in [-0.4, -0.2) is 23.1 Å². The average Bonchev–Trinajstić information content (AvgIpc) is 2.78. The SMILES string of the molecule is COc1cc([N+](=O)[O-])ccc1NC(=S)NC(=O)c1ccc(OCc2ccccc2)cc1. The maximum Gasteiger partial charge on any atom is 0.273 e. The van der Waals surface area contributed by atoms with Gasteiger partial charge in [-0.2, -0.15) is 0 Å². The van der Waals surface area contributed by atoms with E-state index in [2.05, 4.69) is 10.6 Å². The quantitative estimate of drug-likeness (QED) is 0.323. The molecule has 158 valence electrons. The van der Waals surface area contributed by atoms with E-state index in [9.17, 15) is 14.9 Å². The fourth-order valence-electron chi connectivity index (χ4n) is 2.67. The van der Waals surface area contributed by atoms with Gasteiger partial charge >= 0.3 is 0 Å². The summed E-state index contributed by atoms with van der Waals surface area (Å²) in [5.74, 6) is 0.454. The fourth-order valence-corrected chi connectivity index (χ4v) is 2.87. The number of nitro benzene ring substituents is 1. The number of non-ortho nitro benzene ring substituents is 1. The van der Waals surface area contributed by atoms with E-state index in [1.165, 1.54) is 25.3 Å². The van der Waals surface area contributed by atoms with E-state index in [0.717, 1.165) is 5.56 Å². The Kier molecular flexibility index (Phi) is 7.13. The smallest absolute Gasteiger partial charge is 0.273 e. The number of nitrogens with zero attached hydrogens (tertiary/aromatic N) is 1. The minimum atomic E-state index is -0.528. The van der Waals surface area contributed by atoms with Crippen molar-refractivity contribution in [2.75, 3.05) is 12.4 Å². The molecule has 0 aromatic heterocycles. The molecule has 31 heavy (non-hydrogen) atoms. The van der Waals surface area contributed by atoms with E-state index in [1.54, 1.807) is 24.3 Å². The summed E-state index contributed by atoms with van der Waals surface area (Å²) in [4.78, 5) is 22.8. The number of amides is 1. The molecular weight excluding hydrogens is 418 g/mol. The Bertz CT molecular complexity index is 1090. The Morgan fingerprint density at radius 2 is 1.77 bits per heavy atom. The largest absolute Gasteiger partial charge is 0.494 e. The number of carbonyl (C=O) groups is 1. The van der Waals surface area contributed by atoms with Gasteiger partial charge in [-0.05, 0) is 48.1 Å². The molecule has 0 atom stereocenters. The third-order valence-electron chi connectivity index (χ3n) is 4.24. The summed E-state index contributed by atoms with van der Waals surface area (Å²) in [5, 5.41) is 16.3. The number of hydrogen-bond acceptors (Lipinski definition) is 6. The van der Waals surface area contributed by atoms with Crippen LogP contribution in [0, 0.1) is 10.1 Å². The first-order valence-electron chi connectivity index (χ1n) is 9.18. The molecule has 8 nitrogen and oxygen atoms in total. The first-order valence-corrected chi connectivity index (χ1v) is 9.58. The van der Waals surface area contributed by atoms with Gasteiger partial charge in [-0.1, -0.05) is 30.3 Å². The number of rotatable bonds is 7. The monoisotopic (exact) mass is 437 g/mol. The number of nitrogens with one attached hydrogen (secondary N) is 2. The molecule has 0 unspecified atom stereocenters. The molecule has 2 N–H and O–H groups in total. The van der Waals surface area contributed by atoms with Crippen molar-refractivity contribution in [2.24, 2.45) is 0 Å². The van der Waals surface area contributed by atoms with Crippen LogP contribution in [0.3, 0.4) is 0 Å². The minimum absolute atomic E-state index is 0.0292. The molecule has 9 heteroatoms. The molecule has 3 rings (SSSR count). The van der Waals surface area contributed by atoms with Crippen molar-refractivity contribution in [1.82, 2.24) is 5.32 Å². The van der Waals surface area contributed by atoms with E-state index in [0.29, 0.717) is 23.6 Å². The lowest BCUT2D eigenvalue weighted by Gasteiger charge is -2.13. The molecule has 1 amide bonds. The molecule has 0 heterocycles. The van der Waals surface area contributed by atoms with Gasteiger partial charge in [0.2, 0.25) is 0 Å². The lowest BCUT2D eigenvalue weighted by Crippen LogP contribution is -2.34. The highest BCUT2D eigenvalue weighted by Gasteiger charge is 2.14. The molecule has 0 saturated heterocycles. The third-order valence-corrected chi connectivity index (χ3v) is 4.44. The Labute approximate surface area is 184 Å². The number of thiocarbonyl (C=S) groups is 1. The van der Waals surface area contributed by atoms with Crippen molar-refractivity contribution in [3.05, 3.63) is 94.0 Å². The highest BCUT2D eigenvalue weighted by molar-refractivity contribution is 7.80. The van der Waals surface area contributed by atoms with Crippen LogP contribution in [0.2, 0.25) is 0 Å². The second kappa shape index (κ2) is 10.2. The number of anilines is 1. The van der Waals surface area contributed by atoms with Gasteiger partial charge in [0.1, 0.15) is 18.1 Å². The van der Waals surface area contributed by atoms with Crippen LogP contribution in [0.15, 0.2) is 72.8 Å². The summed E-state index contributed by atoms with van der Waals surface area (Å²) in [6, 6.07) is 20.4. The van der Waals surface area contributed by atoms with Crippen molar-refractivity contribution in [3.63, 3.8) is 0 Å². The van der Waals surface area contributed by atoms with Gasteiger partial charge in [0.25, 0.3) is 11.6 Å². The molecule has 0 aliphatic rings. The van der Waals surface area contributed by atoms with Crippen LogP contribution in [0.25, 0.3) is 0 Å². The van der Waals surface area contributed by atoms with Gasteiger partial charge in [0.15, 0.2) is 5.11 Å². The van der Waals surface area contributed by atoms with Crippen molar-refractivity contribution >= 4 is 34.6 Å². The van der Waals surface area contributed by atoms with Crippen molar-refractivity contribution in [2.45, 2.75) is 6.61 Å². The van der Waals surface area contributed by atoms with E-state index < -0.39 is 10.8 Å². The highest BCUT2D eigenvalue weighted by atomic mass is 32.1. The van der Waals surface area contributed by atoms with Crippen LogP contribution < -0.4 is 20.1 Å². The number of methoxy groups -OCH3 is 1. The Balaban J connectivity index is 1.57. The maximum absolute atomic E-state index is 12.4. The fraction of sp³-hybridized carbons (Fsp3) is 0.0909. The van der Waals surface area contributed by atoms with E-state index in [4.69, 9.17) is 21.7 Å². The average molecular weight is 437 g/mol. The zero-order valence-corrected chi connectivity index (χ0v) is 17.3. The Morgan fingerprint density at radius 3 is 2.42 bits per heavy atom. The highest BCUT2D eigenvalue weighted by Crippen LogP contribution is 2.28. The van der Waals surface area contributed by atoms with Crippen LogP contribution in [0.5, 0.6) is 11.5 Å². The summed E-state index contributed by atoms with van der Waals surface area (Å²) in [5.41, 5.74) is 1.71. The molecular formula is C22H19N3O5S. The van der Waals surface area contributed by atoms with Gasteiger partial charge in [0.05, 0.1) is 23.8 Å². The lowest BCUT2D eigenvalue weighted by atomic mass is 10.2. The van der Waals surface area contributed by atoms with Crippen LogP contribution in [-0.2, 0) is 6.61 Å². The number of ether oxygens (including phenoxy) is 2. The number of hydrogen-bond donors (Lipinski definition) is 2. The number of nitro groups is 1. The first kappa shape index (κ1) is 21.7. The van der Waals surface area contributed by atoms with E-state index in [-0.39, 0.29) is 16.5 Å². The molecule has 0 radical (unpaired) electrons. The number of benzene rings is 3. The molecule has 0 aliphatic heterocycles. The summed E-state index contributed by atoms with van der Waals surface area (Å²) >= 11 is 5.17. The molecule has 0 bridgehead atoms. The second-order valence-electron chi connectivity index (χ2n) is 6.35. The zero-order valence-electron chi connectivity index (χ0n) is 16.5. The van der Waals surface area contributed by atoms with Gasteiger partial charge in [-0.25, -0.2) is 0 Å². The molecule has 0 aliphatic carbocycles. The molecule has 0 fully saturated rings. The molecule has 0 spiro atoms. The summed E-state index contributed by atoms with van der Waals surface area (Å²) in [6.45, 7) is 0.428. The predicted molar refractivity (Wildman–Crippen MR) is 121 cm³/mol. The minimum Gasteiger partial charge on any atom is -0.494 e. The van der Waals surface area contributed by atoms with Gasteiger partial charge in [0, 0.05) is 11.6 Å². The standard InChI is InChI=1S/C22H19N3O5S/c1-29-20-13-17(25(27)28)9-12-19(20)23-22(31)24-21(26)16-7-10-18(11-8-16)30-14-15-5-3-2-4-6-15/h2-13H,14H2,1H3,(H2,23,24,26,31). The van der Waals surface area contributed by atoms with Gasteiger partial charge in [-0.3, -0.25) is 20.2 Å². The van der Waals surface area contributed by atoms with Crippen LogP contribution in [0.4, 0.5) is 11.4 Å². The lowest BCUT2D eigenvalue weighted by molar-refractivity contribution is -0.384. The summed E-state index contributed by atoms with van der Waals surface area (Å²) < 4.78 is 10.8. The first-order chi connectivity index (χ1) is 15.0. The van der Waals surface area contributed by atoms with Crippen molar-refractivity contribution < 1.29 is 19.2 Å². The summed E-state index contributed by atoms with van der Waals surface area (Å²) in [7, 11) is 1.38. The maximum atomic E-state index is 12.4.